The lowest BCUT2D eigenvalue weighted by Crippen LogP contribution is -2.60. The van der Waals surface area contributed by atoms with E-state index in [-0.39, 0.29) is 0 Å². The number of hydrogen-bond acceptors (Lipinski definition) is 11. The van der Waals surface area contributed by atoms with Crippen LogP contribution in [0.15, 0.2) is 0 Å². The zero-order chi connectivity index (χ0) is 19.6. The first-order chi connectivity index (χ1) is 12.3. The van der Waals surface area contributed by atoms with Gasteiger partial charge in [-0.3, -0.25) is 9.69 Å². The molecule has 0 radical (unpaired) electrons. The molecule has 0 amide bonds. The summed E-state index contributed by atoms with van der Waals surface area (Å²) in [5.74, 6) is -1.25. The molecule has 26 heavy (non-hydrogen) atoms. The van der Waals surface area contributed by atoms with Crippen LogP contribution in [0, 0.1) is 0 Å². The predicted octanol–water partition coefficient (Wildman–Crippen LogP) is -5.35. The summed E-state index contributed by atoms with van der Waals surface area (Å²) in [5.41, 5.74) is 0. The first-order valence-corrected chi connectivity index (χ1v) is 8.10. The minimum absolute atomic E-state index is 0.581. The van der Waals surface area contributed by atoms with Crippen LogP contribution in [0.4, 0.5) is 0 Å². The molecule has 0 aromatic carbocycles. The largest absolute Gasteiger partial charge is 0.480 e. The summed E-state index contributed by atoms with van der Waals surface area (Å²) in [5, 5.41) is 77.1. The fourth-order valence-corrected chi connectivity index (χ4v) is 3.40. The molecule has 2 saturated heterocycles. The van der Waals surface area contributed by atoms with Crippen molar-refractivity contribution in [2.24, 2.45) is 0 Å². The van der Waals surface area contributed by atoms with Crippen LogP contribution < -0.4 is 0 Å². The van der Waals surface area contributed by atoms with E-state index in [9.17, 15) is 40.5 Å². The number of ether oxygens (including phenoxy) is 2. The van der Waals surface area contributed by atoms with Gasteiger partial charge in [0.15, 0.2) is 6.29 Å². The first-order valence-electron chi connectivity index (χ1n) is 8.10. The monoisotopic (exact) mass is 383 g/mol. The van der Waals surface area contributed by atoms with Gasteiger partial charge in [-0.1, -0.05) is 0 Å². The topological polar surface area (TPSA) is 201 Å². The third-order valence-corrected chi connectivity index (χ3v) is 4.79. The minimum Gasteiger partial charge on any atom is -0.480 e. The first kappa shape index (κ1) is 21.4. The van der Waals surface area contributed by atoms with Gasteiger partial charge in [-0.05, 0) is 0 Å². The molecule has 0 bridgehead atoms. The van der Waals surface area contributed by atoms with Gasteiger partial charge in [-0.2, -0.15) is 0 Å². The summed E-state index contributed by atoms with van der Waals surface area (Å²) in [6, 6.07) is -2.08. The van der Waals surface area contributed by atoms with E-state index in [1.165, 1.54) is 0 Å². The van der Waals surface area contributed by atoms with Crippen molar-refractivity contribution in [1.82, 2.24) is 4.90 Å². The van der Waals surface area contributed by atoms with Crippen LogP contribution in [0.5, 0.6) is 0 Å². The molecular weight excluding hydrogens is 358 g/mol. The van der Waals surface area contributed by atoms with E-state index in [4.69, 9.17) is 14.6 Å². The van der Waals surface area contributed by atoms with Crippen molar-refractivity contribution >= 4 is 5.97 Å². The SMILES string of the molecule is O=C(O)CN1[C@H](CO)[C@@H](O)[C@H](OC2OC(CO)C(O)C(O)C2O)[C@H]1CO. The Balaban J connectivity index is 2.19. The average molecular weight is 383 g/mol. The number of likely N-dealkylation sites (tertiary alicyclic amines) is 1. The minimum atomic E-state index is -1.72. The van der Waals surface area contributed by atoms with E-state index in [2.05, 4.69) is 0 Å². The highest BCUT2D eigenvalue weighted by Crippen LogP contribution is 2.31. The molecule has 0 aliphatic carbocycles. The highest BCUT2D eigenvalue weighted by atomic mass is 16.7. The number of hydrogen-bond donors (Lipinski definition) is 8. The molecule has 0 aromatic rings. The number of rotatable bonds is 7. The van der Waals surface area contributed by atoms with Crippen molar-refractivity contribution in [3.05, 3.63) is 0 Å². The van der Waals surface area contributed by atoms with Crippen LogP contribution in [0.3, 0.4) is 0 Å². The second-order valence-electron chi connectivity index (χ2n) is 6.35. The second kappa shape index (κ2) is 8.84. The van der Waals surface area contributed by atoms with Gasteiger partial charge in [0.2, 0.25) is 0 Å². The molecule has 2 heterocycles. The fraction of sp³-hybridized carbons (Fsp3) is 0.929. The summed E-state index contributed by atoms with van der Waals surface area (Å²) < 4.78 is 10.7. The quantitative estimate of drug-likeness (QED) is 0.208. The summed E-state index contributed by atoms with van der Waals surface area (Å²) in [4.78, 5) is 12.2. The average Bonchev–Trinajstić information content (AvgIpc) is 2.85. The fourth-order valence-electron chi connectivity index (χ4n) is 3.40. The molecule has 9 atom stereocenters. The standard InChI is InChI=1S/C14H25NO11/c16-2-5-9(21)13(6(3-17)15(5)1-8(19)20)26-14-12(24)11(23)10(22)7(4-18)25-14/h5-7,9-14,16-18,21-24H,1-4H2,(H,19,20)/t5-,6-,7?,9-,10?,11?,12?,13-,14?/m1/s1. The summed E-state index contributed by atoms with van der Waals surface area (Å²) in [6.07, 6.45) is -10.5. The van der Waals surface area contributed by atoms with E-state index in [0.717, 1.165) is 4.90 Å². The maximum absolute atomic E-state index is 11.0. The Bertz CT molecular complexity index is 478. The smallest absolute Gasteiger partial charge is 0.317 e. The number of carbonyl (C=O) groups is 1. The van der Waals surface area contributed by atoms with Crippen LogP contribution in [-0.4, -0.2) is 133 Å². The maximum Gasteiger partial charge on any atom is 0.317 e. The third kappa shape index (κ3) is 3.99. The third-order valence-electron chi connectivity index (χ3n) is 4.79. The second-order valence-corrected chi connectivity index (χ2v) is 6.35. The van der Waals surface area contributed by atoms with Crippen LogP contribution in [0.2, 0.25) is 0 Å². The number of aliphatic carboxylic acids is 1. The van der Waals surface area contributed by atoms with Gasteiger partial charge in [0, 0.05) is 0 Å². The van der Waals surface area contributed by atoms with Crippen molar-refractivity contribution in [3.8, 4) is 0 Å². The number of carboxylic acids is 1. The zero-order valence-corrected chi connectivity index (χ0v) is 13.8. The van der Waals surface area contributed by atoms with E-state index in [1.807, 2.05) is 0 Å². The molecule has 0 spiro atoms. The number of aliphatic hydroxyl groups is 7. The molecule has 2 aliphatic heterocycles. The lowest BCUT2D eigenvalue weighted by Gasteiger charge is -2.41. The molecule has 12 heteroatoms. The summed E-state index contributed by atoms with van der Waals surface area (Å²) >= 11 is 0. The normalized spacial score (nSPS) is 44.3. The number of nitrogens with zero attached hydrogens (tertiary/aromatic N) is 1. The van der Waals surface area contributed by atoms with Gasteiger partial charge in [-0.25, -0.2) is 0 Å². The molecular formula is C14H25NO11. The van der Waals surface area contributed by atoms with E-state index in [0.29, 0.717) is 0 Å². The van der Waals surface area contributed by atoms with Crippen molar-refractivity contribution in [2.75, 3.05) is 26.4 Å². The van der Waals surface area contributed by atoms with Gasteiger partial charge in [-0.15, -0.1) is 0 Å². The Kier molecular flexibility index (Phi) is 7.27. The van der Waals surface area contributed by atoms with Crippen LogP contribution >= 0.6 is 0 Å². The Morgan fingerprint density at radius 2 is 1.50 bits per heavy atom. The van der Waals surface area contributed by atoms with E-state index < -0.39 is 87.3 Å². The van der Waals surface area contributed by atoms with Crippen molar-refractivity contribution in [3.63, 3.8) is 0 Å². The van der Waals surface area contributed by atoms with Crippen LogP contribution in [-0.2, 0) is 14.3 Å². The Hall–Kier alpha value is -0.930. The van der Waals surface area contributed by atoms with E-state index >= 15 is 0 Å². The van der Waals surface area contributed by atoms with E-state index in [1.54, 1.807) is 0 Å². The lowest BCUT2D eigenvalue weighted by atomic mass is 9.99. The Morgan fingerprint density at radius 1 is 0.885 bits per heavy atom. The number of carboxylic acid groups (broad SMARTS) is 1. The van der Waals surface area contributed by atoms with Crippen molar-refractivity contribution in [2.45, 2.75) is 55.0 Å². The maximum atomic E-state index is 11.0. The van der Waals surface area contributed by atoms with Crippen LogP contribution in [0.1, 0.15) is 0 Å². The Morgan fingerprint density at radius 3 is 2.00 bits per heavy atom. The lowest BCUT2D eigenvalue weighted by molar-refractivity contribution is -0.317. The van der Waals surface area contributed by atoms with Gasteiger partial charge in [0.25, 0.3) is 0 Å². The Labute approximate surface area is 148 Å². The van der Waals surface area contributed by atoms with Gasteiger partial charge < -0.3 is 50.3 Å². The molecule has 5 unspecified atom stereocenters. The summed E-state index contributed by atoms with van der Waals surface area (Å²) in [6.45, 7) is -2.49. The molecule has 2 aliphatic rings. The molecule has 0 saturated carbocycles. The van der Waals surface area contributed by atoms with Crippen molar-refractivity contribution < 1.29 is 55.1 Å². The zero-order valence-electron chi connectivity index (χ0n) is 13.8. The van der Waals surface area contributed by atoms with Gasteiger partial charge >= 0.3 is 5.97 Å². The highest BCUT2D eigenvalue weighted by Gasteiger charge is 2.52. The molecule has 12 nitrogen and oxygen atoms in total. The van der Waals surface area contributed by atoms with Gasteiger partial charge in [0.1, 0.15) is 30.5 Å². The molecule has 2 fully saturated rings. The number of aliphatic hydroxyl groups excluding tert-OH is 7. The molecule has 0 aromatic heterocycles. The van der Waals surface area contributed by atoms with Gasteiger partial charge in [0.05, 0.1) is 44.6 Å². The highest BCUT2D eigenvalue weighted by molar-refractivity contribution is 5.69. The molecule has 8 N–H and O–H groups in total. The molecule has 2 rings (SSSR count). The van der Waals surface area contributed by atoms with Crippen LogP contribution in [0.25, 0.3) is 0 Å². The predicted molar refractivity (Wildman–Crippen MR) is 80.7 cm³/mol. The summed E-state index contributed by atoms with van der Waals surface area (Å²) in [7, 11) is 0. The molecule has 152 valence electrons. The van der Waals surface area contributed by atoms with Crippen molar-refractivity contribution in [1.29, 1.82) is 0 Å².